The number of sulfonamides is 1. The minimum absolute atomic E-state index is 0.0159. The number of esters is 1. The summed E-state index contributed by atoms with van der Waals surface area (Å²) >= 11 is 0. The van der Waals surface area contributed by atoms with Crippen molar-refractivity contribution in [2.24, 2.45) is 0 Å². The lowest BCUT2D eigenvalue weighted by atomic mass is 9.96. The van der Waals surface area contributed by atoms with E-state index in [0.717, 1.165) is 9.21 Å². The number of nitro benzene ring substituents is 1. The molecule has 33 heavy (non-hydrogen) atoms. The second kappa shape index (κ2) is 8.37. The van der Waals surface area contributed by atoms with E-state index in [0.29, 0.717) is 5.56 Å². The molecule has 0 bridgehead atoms. The van der Waals surface area contributed by atoms with Crippen molar-refractivity contribution in [2.75, 3.05) is 7.05 Å². The molecule has 0 spiro atoms. The fourth-order valence-corrected chi connectivity index (χ4v) is 5.41. The van der Waals surface area contributed by atoms with E-state index in [1.165, 1.54) is 43.4 Å². The number of non-ortho nitro benzene ring substituents is 1. The zero-order valence-corrected chi connectivity index (χ0v) is 18.2. The number of nitrogens with zero attached hydrogens (tertiary/aromatic N) is 3. The summed E-state index contributed by atoms with van der Waals surface area (Å²) in [6.07, 6.45) is -0.164. The van der Waals surface area contributed by atoms with Gasteiger partial charge in [-0.3, -0.25) is 19.7 Å². The van der Waals surface area contributed by atoms with Crippen LogP contribution in [-0.4, -0.2) is 65.4 Å². The van der Waals surface area contributed by atoms with Crippen LogP contribution in [0.5, 0.6) is 0 Å². The number of benzene rings is 2. The van der Waals surface area contributed by atoms with Crippen LogP contribution in [0.3, 0.4) is 0 Å². The number of carbonyl (C=O) groups excluding carboxylic acids is 3. The van der Waals surface area contributed by atoms with E-state index in [2.05, 4.69) is 0 Å². The zero-order chi connectivity index (χ0) is 23.9. The van der Waals surface area contributed by atoms with Gasteiger partial charge in [0.1, 0.15) is 12.6 Å². The monoisotopic (exact) mass is 473 g/mol. The molecule has 11 nitrogen and oxygen atoms in total. The predicted octanol–water partition coefficient (Wildman–Crippen LogP) is 0.879. The van der Waals surface area contributed by atoms with Crippen LogP contribution in [0.4, 0.5) is 5.69 Å². The topological polar surface area (TPSA) is 144 Å². The van der Waals surface area contributed by atoms with E-state index >= 15 is 0 Å². The normalized spacial score (nSPS) is 22.1. The van der Waals surface area contributed by atoms with Gasteiger partial charge in [0.05, 0.1) is 15.9 Å². The number of ether oxygens (including phenoxy) is 1. The minimum atomic E-state index is -3.97. The van der Waals surface area contributed by atoms with Gasteiger partial charge in [0.2, 0.25) is 15.9 Å². The maximum atomic E-state index is 12.9. The molecule has 2 fully saturated rings. The van der Waals surface area contributed by atoms with Crippen LogP contribution in [0.15, 0.2) is 59.5 Å². The standard InChI is InChI=1S/C21H19N3O8S/c1-22(33(30,31)15-5-3-2-4-6-15)18-16-11-17(25)19(23(16)20(18)26)21(27)32-12-13-7-9-14(10-8-13)24(28)29/h2-10,16,18-19H,11-12H2,1H3. The fraction of sp³-hybridized carbons (Fsp3) is 0.286. The Labute approximate surface area is 188 Å². The van der Waals surface area contributed by atoms with E-state index in [1.807, 2.05) is 0 Å². The Kier molecular flexibility index (Phi) is 5.72. The first kappa shape index (κ1) is 22.6. The third kappa shape index (κ3) is 3.87. The number of β-lactam (4-membered cyclic amide) rings is 1. The highest BCUT2D eigenvalue weighted by atomic mass is 32.2. The van der Waals surface area contributed by atoms with Gasteiger partial charge in [-0.15, -0.1) is 0 Å². The molecule has 2 aromatic rings. The SMILES string of the molecule is CN(C1C(=O)N2C(C(=O)OCc3ccc([N+](=O)[O-])cc3)C(=O)CC12)S(=O)(=O)c1ccccc1. The lowest BCUT2D eigenvalue weighted by Gasteiger charge is -2.46. The fourth-order valence-electron chi connectivity index (χ4n) is 4.05. The first-order valence-electron chi connectivity index (χ1n) is 9.91. The van der Waals surface area contributed by atoms with Gasteiger partial charge in [0.25, 0.3) is 5.69 Å². The Balaban J connectivity index is 1.44. The number of likely N-dealkylation sites (N-methyl/N-ethyl adjacent to an activating group) is 1. The van der Waals surface area contributed by atoms with Gasteiger partial charge in [-0.25, -0.2) is 13.2 Å². The number of hydrogen-bond acceptors (Lipinski definition) is 8. The summed E-state index contributed by atoms with van der Waals surface area (Å²) in [5.74, 6) is -2.11. The molecule has 0 radical (unpaired) electrons. The highest BCUT2D eigenvalue weighted by Crippen LogP contribution is 2.38. The van der Waals surface area contributed by atoms with Gasteiger partial charge in [-0.05, 0) is 29.8 Å². The van der Waals surface area contributed by atoms with Crippen LogP contribution in [0.2, 0.25) is 0 Å². The number of carbonyl (C=O) groups is 3. The average Bonchev–Trinajstić information content (AvgIpc) is 3.10. The van der Waals surface area contributed by atoms with Crippen LogP contribution in [0, 0.1) is 10.1 Å². The van der Waals surface area contributed by atoms with Crippen molar-refractivity contribution in [3.8, 4) is 0 Å². The van der Waals surface area contributed by atoms with Gasteiger partial charge >= 0.3 is 5.97 Å². The van der Waals surface area contributed by atoms with Crippen LogP contribution in [-0.2, 0) is 35.8 Å². The third-order valence-electron chi connectivity index (χ3n) is 5.79. The molecular weight excluding hydrogens is 454 g/mol. The van der Waals surface area contributed by atoms with Crippen molar-refractivity contribution in [1.82, 2.24) is 9.21 Å². The first-order chi connectivity index (χ1) is 15.6. The largest absolute Gasteiger partial charge is 0.459 e. The number of ketones is 1. The first-order valence-corrected chi connectivity index (χ1v) is 11.3. The summed E-state index contributed by atoms with van der Waals surface area (Å²) in [5.41, 5.74) is 0.350. The van der Waals surface area contributed by atoms with E-state index < -0.39 is 50.7 Å². The van der Waals surface area contributed by atoms with Gasteiger partial charge in [0.15, 0.2) is 11.8 Å². The molecule has 0 N–H and O–H groups in total. The van der Waals surface area contributed by atoms with E-state index in [4.69, 9.17) is 4.74 Å². The second-order valence-corrected chi connectivity index (χ2v) is 9.69. The zero-order valence-electron chi connectivity index (χ0n) is 17.4. The molecule has 0 aromatic heterocycles. The predicted molar refractivity (Wildman–Crippen MR) is 112 cm³/mol. The van der Waals surface area contributed by atoms with E-state index in [9.17, 15) is 32.9 Å². The quantitative estimate of drug-likeness (QED) is 0.189. The Hall–Kier alpha value is -3.64. The third-order valence-corrected chi connectivity index (χ3v) is 7.64. The molecule has 2 saturated heterocycles. The number of nitro groups is 1. The van der Waals surface area contributed by atoms with Crippen LogP contribution in [0.25, 0.3) is 0 Å². The highest BCUT2D eigenvalue weighted by Gasteiger charge is 2.62. The maximum absolute atomic E-state index is 12.9. The Morgan fingerprint density at radius 2 is 1.79 bits per heavy atom. The van der Waals surface area contributed by atoms with Crippen molar-refractivity contribution in [2.45, 2.75) is 36.0 Å². The van der Waals surface area contributed by atoms with Crippen molar-refractivity contribution in [1.29, 1.82) is 0 Å². The Morgan fingerprint density at radius 3 is 2.39 bits per heavy atom. The average molecular weight is 473 g/mol. The summed E-state index contributed by atoms with van der Waals surface area (Å²) in [6, 6.07) is 9.66. The van der Waals surface area contributed by atoms with E-state index in [1.54, 1.807) is 18.2 Å². The molecule has 0 saturated carbocycles. The molecule has 2 aromatic carbocycles. The van der Waals surface area contributed by atoms with E-state index in [-0.39, 0.29) is 23.6 Å². The molecule has 1 amide bonds. The van der Waals surface area contributed by atoms with Crippen molar-refractivity contribution in [3.05, 3.63) is 70.3 Å². The summed E-state index contributed by atoms with van der Waals surface area (Å²) < 4.78 is 31.8. The molecule has 12 heteroatoms. The summed E-state index contributed by atoms with van der Waals surface area (Å²) in [6.45, 7) is -0.237. The van der Waals surface area contributed by atoms with Crippen LogP contribution >= 0.6 is 0 Å². The Bertz CT molecular complexity index is 1230. The van der Waals surface area contributed by atoms with Crippen LogP contribution < -0.4 is 0 Å². The number of amides is 1. The van der Waals surface area contributed by atoms with Gasteiger partial charge in [0, 0.05) is 25.6 Å². The van der Waals surface area contributed by atoms with Crippen molar-refractivity contribution in [3.63, 3.8) is 0 Å². The highest BCUT2D eigenvalue weighted by molar-refractivity contribution is 7.89. The molecular formula is C21H19N3O8S. The van der Waals surface area contributed by atoms with Gasteiger partial charge in [-0.2, -0.15) is 4.31 Å². The number of fused-ring (bicyclic) bond motifs is 1. The molecule has 2 heterocycles. The molecule has 0 aliphatic carbocycles. The van der Waals surface area contributed by atoms with Crippen LogP contribution in [0.1, 0.15) is 12.0 Å². The lowest BCUT2D eigenvalue weighted by Crippen LogP contribution is -2.70. The molecule has 2 aliphatic heterocycles. The minimum Gasteiger partial charge on any atom is -0.459 e. The molecule has 4 rings (SSSR count). The summed E-state index contributed by atoms with van der Waals surface area (Å²) in [4.78, 5) is 49.1. The maximum Gasteiger partial charge on any atom is 0.337 e. The summed E-state index contributed by atoms with van der Waals surface area (Å²) in [5, 5.41) is 10.7. The number of rotatable bonds is 7. The lowest BCUT2D eigenvalue weighted by molar-refractivity contribution is -0.384. The van der Waals surface area contributed by atoms with Gasteiger partial charge < -0.3 is 9.64 Å². The van der Waals surface area contributed by atoms with Gasteiger partial charge in [-0.1, -0.05) is 18.2 Å². The number of hydrogen-bond donors (Lipinski definition) is 0. The van der Waals surface area contributed by atoms with Crippen molar-refractivity contribution >= 4 is 33.4 Å². The summed E-state index contributed by atoms with van der Waals surface area (Å²) in [7, 11) is -2.70. The molecule has 3 unspecified atom stereocenters. The number of Topliss-reactive ketones (excluding diaryl/α,β-unsaturated/α-hetero) is 1. The smallest absolute Gasteiger partial charge is 0.337 e. The second-order valence-electron chi connectivity index (χ2n) is 7.70. The van der Waals surface area contributed by atoms with Crippen molar-refractivity contribution < 1.29 is 32.5 Å². The molecule has 2 aliphatic rings. The molecule has 3 atom stereocenters. The Morgan fingerprint density at radius 1 is 1.15 bits per heavy atom. The molecule has 172 valence electrons.